The molecule has 94 valence electrons. The van der Waals surface area contributed by atoms with Crippen molar-refractivity contribution >= 4 is 5.97 Å². The average molecular weight is 232 g/mol. The predicted molar refractivity (Wildman–Crippen MR) is 57.1 cm³/mol. The van der Waals surface area contributed by atoms with Gasteiger partial charge in [-0.1, -0.05) is 0 Å². The summed E-state index contributed by atoms with van der Waals surface area (Å²) >= 11 is 0. The molecule has 6 nitrogen and oxygen atoms in total. The van der Waals surface area contributed by atoms with Crippen LogP contribution in [0.25, 0.3) is 0 Å². The van der Waals surface area contributed by atoms with Crippen LogP contribution >= 0.6 is 0 Å². The quantitative estimate of drug-likeness (QED) is 0.571. The zero-order valence-electron chi connectivity index (χ0n) is 9.93. The molecule has 0 aliphatic carbocycles. The maximum Gasteiger partial charge on any atom is 0.330 e. The second-order valence-electron chi connectivity index (χ2n) is 5.04. The molecule has 0 aromatic rings. The Kier molecular flexibility index (Phi) is 4.26. The topological polar surface area (TPSA) is 82.0 Å². The van der Waals surface area contributed by atoms with Gasteiger partial charge < -0.3 is 15.1 Å². The van der Waals surface area contributed by atoms with E-state index < -0.39 is 11.6 Å². The maximum absolute atomic E-state index is 11.6. The second-order valence-corrected chi connectivity index (χ2v) is 5.04. The van der Waals surface area contributed by atoms with Gasteiger partial charge in [0.2, 0.25) is 0 Å². The van der Waals surface area contributed by atoms with E-state index in [4.69, 9.17) is 9.94 Å². The van der Waals surface area contributed by atoms with E-state index in [0.717, 1.165) is 0 Å². The predicted octanol–water partition coefficient (Wildman–Crippen LogP) is -0.925. The lowest BCUT2D eigenvalue weighted by molar-refractivity contribution is -0.216. The molecule has 1 aliphatic rings. The summed E-state index contributed by atoms with van der Waals surface area (Å²) < 4.78 is 0. The molecular weight excluding hydrogens is 212 g/mol. The summed E-state index contributed by atoms with van der Waals surface area (Å²) in [6, 6.07) is -0.281. The van der Waals surface area contributed by atoms with E-state index in [1.54, 1.807) is 20.8 Å². The minimum Gasteiger partial charge on any atom is -0.395 e. The van der Waals surface area contributed by atoms with E-state index in [1.807, 2.05) is 0 Å². The van der Waals surface area contributed by atoms with Crippen molar-refractivity contribution in [3.63, 3.8) is 0 Å². The van der Waals surface area contributed by atoms with Crippen LogP contribution in [-0.4, -0.2) is 53.2 Å². The normalized spacial score (nSPS) is 27.8. The van der Waals surface area contributed by atoms with Crippen molar-refractivity contribution in [2.45, 2.75) is 33.0 Å². The van der Waals surface area contributed by atoms with E-state index >= 15 is 0 Å². The van der Waals surface area contributed by atoms with Crippen molar-refractivity contribution in [3.05, 3.63) is 0 Å². The summed E-state index contributed by atoms with van der Waals surface area (Å²) in [5, 5.41) is 22.6. The van der Waals surface area contributed by atoms with Gasteiger partial charge in [-0.25, -0.2) is 4.79 Å². The highest BCUT2D eigenvalue weighted by molar-refractivity contribution is 5.75. The number of hydrogen-bond acceptors (Lipinski definition) is 6. The van der Waals surface area contributed by atoms with Crippen LogP contribution in [0.5, 0.6) is 0 Å². The Bertz CT molecular complexity index is 252. The first-order valence-electron chi connectivity index (χ1n) is 5.35. The molecular formula is C10H20N2O4. The molecule has 0 spiro atoms. The molecule has 0 radical (unpaired) electrons. The van der Waals surface area contributed by atoms with Crippen LogP contribution in [0.15, 0.2) is 0 Å². The first-order valence-corrected chi connectivity index (χ1v) is 5.35. The van der Waals surface area contributed by atoms with Crippen LogP contribution in [0.3, 0.4) is 0 Å². The molecule has 1 rings (SSSR count). The van der Waals surface area contributed by atoms with Crippen LogP contribution in [0, 0.1) is 5.41 Å². The summed E-state index contributed by atoms with van der Waals surface area (Å²) in [5.74, 6) is -0.349. The monoisotopic (exact) mass is 232 g/mol. The lowest BCUT2D eigenvalue weighted by atomic mass is 9.98. The van der Waals surface area contributed by atoms with Crippen LogP contribution in [0.1, 0.15) is 20.8 Å². The smallest absolute Gasteiger partial charge is 0.330 e. The number of β-amino-alcohol motifs (C(OH)–C–C–N with tert-alkyl or cyclic N) is 1. The van der Waals surface area contributed by atoms with Crippen molar-refractivity contribution in [2.24, 2.45) is 5.41 Å². The molecule has 0 amide bonds. The molecule has 16 heavy (non-hydrogen) atoms. The number of nitrogens with zero attached hydrogens (tertiary/aromatic N) is 1. The lowest BCUT2D eigenvalue weighted by Gasteiger charge is -2.35. The Morgan fingerprint density at radius 3 is 2.62 bits per heavy atom. The highest BCUT2D eigenvalue weighted by Gasteiger charge is 2.31. The summed E-state index contributed by atoms with van der Waals surface area (Å²) in [4.78, 5) is 16.7. The van der Waals surface area contributed by atoms with E-state index in [-0.39, 0.29) is 25.2 Å². The molecule has 3 N–H and O–H groups in total. The van der Waals surface area contributed by atoms with Crippen LogP contribution in [-0.2, 0) is 9.63 Å². The van der Waals surface area contributed by atoms with Crippen LogP contribution < -0.4 is 5.32 Å². The number of carbonyl (C=O) groups excluding carboxylic acids is 1. The number of piperazine rings is 1. The Balaban J connectivity index is 2.51. The first kappa shape index (κ1) is 13.4. The third-order valence-electron chi connectivity index (χ3n) is 2.27. The number of rotatable bonds is 2. The van der Waals surface area contributed by atoms with Crippen LogP contribution in [0.2, 0.25) is 0 Å². The van der Waals surface area contributed by atoms with E-state index in [0.29, 0.717) is 6.54 Å². The highest BCUT2D eigenvalue weighted by Crippen LogP contribution is 2.17. The molecule has 1 heterocycles. The molecule has 0 bridgehead atoms. The Morgan fingerprint density at radius 2 is 2.12 bits per heavy atom. The summed E-state index contributed by atoms with van der Waals surface area (Å²) in [6.07, 6.45) is -0.793. The fraction of sp³-hybridized carbons (Fsp3) is 0.900. The van der Waals surface area contributed by atoms with Gasteiger partial charge in [0.05, 0.1) is 25.1 Å². The van der Waals surface area contributed by atoms with E-state index in [9.17, 15) is 9.90 Å². The molecule has 0 aromatic carbocycles. The van der Waals surface area contributed by atoms with Crippen molar-refractivity contribution < 1.29 is 19.8 Å². The number of aliphatic hydroxyl groups excluding tert-OH is 2. The third-order valence-corrected chi connectivity index (χ3v) is 2.27. The summed E-state index contributed by atoms with van der Waals surface area (Å²) in [6.45, 7) is 5.75. The van der Waals surface area contributed by atoms with Gasteiger partial charge in [-0.05, 0) is 20.8 Å². The standard InChI is InChI=1S/C10H20N2O4/c1-10(2,3)9(15)16-12-4-7(6-13)11-8(14)5-12/h7-8,11,13-14H,4-6H2,1-3H3/t7-,8?/m0/s1. The second kappa shape index (κ2) is 5.09. The molecule has 0 aromatic heterocycles. The van der Waals surface area contributed by atoms with Crippen molar-refractivity contribution in [3.8, 4) is 0 Å². The van der Waals surface area contributed by atoms with Gasteiger partial charge >= 0.3 is 5.97 Å². The van der Waals surface area contributed by atoms with Crippen molar-refractivity contribution in [1.82, 2.24) is 10.4 Å². The highest BCUT2D eigenvalue weighted by atomic mass is 16.7. The molecule has 1 saturated heterocycles. The average Bonchev–Trinajstić information content (AvgIpc) is 2.15. The molecule has 1 fully saturated rings. The van der Waals surface area contributed by atoms with Crippen molar-refractivity contribution in [2.75, 3.05) is 19.7 Å². The van der Waals surface area contributed by atoms with E-state index in [1.165, 1.54) is 5.06 Å². The number of hydrogen-bond donors (Lipinski definition) is 3. The first-order chi connectivity index (χ1) is 7.32. The Morgan fingerprint density at radius 1 is 1.50 bits per heavy atom. The van der Waals surface area contributed by atoms with Crippen LogP contribution in [0.4, 0.5) is 0 Å². The Hall–Kier alpha value is -0.690. The molecule has 1 unspecified atom stereocenters. The Labute approximate surface area is 95.1 Å². The fourth-order valence-electron chi connectivity index (χ4n) is 1.33. The zero-order valence-corrected chi connectivity index (χ0v) is 9.93. The number of nitrogens with one attached hydrogen (secondary N) is 1. The van der Waals surface area contributed by atoms with Gasteiger partial charge in [-0.2, -0.15) is 0 Å². The van der Waals surface area contributed by atoms with Gasteiger partial charge in [0.15, 0.2) is 0 Å². The molecule has 1 aliphatic heterocycles. The van der Waals surface area contributed by atoms with Gasteiger partial charge in [-0.15, -0.1) is 5.06 Å². The number of carbonyl (C=O) groups is 1. The summed E-state index contributed by atoms with van der Waals surface area (Å²) in [5.41, 5.74) is -0.579. The fourth-order valence-corrected chi connectivity index (χ4v) is 1.33. The maximum atomic E-state index is 11.6. The minimum absolute atomic E-state index is 0.110. The summed E-state index contributed by atoms with van der Waals surface area (Å²) in [7, 11) is 0. The third kappa shape index (κ3) is 3.71. The lowest BCUT2D eigenvalue weighted by Crippen LogP contribution is -2.58. The SMILES string of the molecule is CC(C)(C)C(=O)ON1CC(O)N[C@H](CO)C1. The largest absolute Gasteiger partial charge is 0.395 e. The number of hydroxylamine groups is 2. The van der Waals surface area contributed by atoms with Gasteiger partial charge in [0, 0.05) is 6.04 Å². The minimum atomic E-state index is -0.793. The van der Waals surface area contributed by atoms with Crippen molar-refractivity contribution in [1.29, 1.82) is 0 Å². The van der Waals surface area contributed by atoms with E-state index in [2.05, 4.69) is 5.32 Å². The zero-order chi connectivity index (χ0) is 12.3. The molecule has 2 atom stereocenters. The molecule has 0 saturated carbocycles. The van der Waals surface area contributed by atoms with Gasteiger partial charge in [0.1, 0.15) is 6.23 Å². The molecule has 6 heteroatoms. The van der Waals surface area contributed by atoms with Gasteiger partial charge in [-0.3, -0.25) is 5.32 Å². The van der Waals surface area contributed by atoms with Gasteiger partial charge in [0.25, 0.3) is 0 Å². The number of aliphatic hydroxyl groups is 2.